The maximum Gasteiger partial charge on any atom is 0.337 e. The number of aromatic nitrogens is 3. The standard InChI is InChI=1S/C37H37ClFN5O5/c38-26-4-11-34(46)24(16-26)20-40-28-5-7-29(8-6-28)44-36(47)33-19-27(39)21-41-35(33)43(37(44)48)30-3-1-2-23(17-30)32-10-9-31(45)18-25(32)22-42-12-14-49-15-13-42/h1-4,9-11,16-19,21,28-29,40,45-46H,5-8,12-15,20,22H2/t28-,29+. The second kappa shape index (κ2) is 14.1. The van der Waals surface area contributed by atoms with Crippen LogP contribution in [-0.4, -0.2) is 61.6 Å². The molecule has 2 aliphatic rings. The van der Waals surface area contributed by atoms with Crippen molar-refractivity contribution >= 4 is 22.6 Å². The first-order valence-corrected chi connectivity index (χ1v) is 16.9. The molecule has 12 heteroatoms. The fourth-order valence-electron chi connectivity index (χ4n) is 7.03. The van der Waals surface area contributed by atoms with E-state index < -0.39 is 23.1 Å². The Balaban J connectivity index is 1.22. The van der Waals surface area contributed by atoms with Gasteiger partial charge in [0, 0.05) is 48.8 Å². The van der Waals surface area contributed by atoms with Gasteiger partial charge in [-0.15, -0.1) is 0 Å². The van der Waals surface area contributed by atoms with E-state index in [-0.39, 0.29) is 28.6 Å². The molecule has 3 heterocycles. The summed E-state index contributed by atoms with van der Waals surface area (Å²) >= 11 is 6.11. The first-order chi connectivity index (χ1) is 23.7. The summed E-state index contributed by atoms with van der Waals surface area (Å²) < 4.78 is 22.7. The minimum absolute atomic E-state index is 0.0272. The number of hydrogen-bond acceptors (Lipinski definition) is 8. The van der Waals surface area contributed by atoms with Crippen molar-refractivity contribution < 1.29 is 19.3 Å². The van der Waals surface area contributed by atoms with E-state index in [1.807, 2.05) is 24.3 Å². The molecule has 0 spiro atoms. The summed E-state index contributed by atoms with van der Waals surface area (Å²) in [7, 11) is 0. The Morgan fingerprint density at radius 2 is 1.73 bits per heavy atom. The first kappa shape index (κ1) is 33.0. The van der Waals surface area contributed by atoms with Gasteiger partial charge in [-0.2, -0.15) is 0 Å². The molecular formula is C37H37ClFN5O5. The number of benzene rings is 3. The van der Waals surface area contributed by atoms with E-state index in [0.717, 1.165) is 42.0 Å². The Labute approximate surface area is 287 Å². The van der Waals surface area contributed by atoms with Gasteiger partial charge in [0.1, 0.15) is 17.3 Å². The summed E-state index contributed by atoms with van der Waals surface area (Å²) in [6.07, 6.45) is 3.52. The highest BCUT2D eigenvalue weighted by Gasteiger charge is 2.27. The topological polar surface area (TPSA) is 122 Å². The Morgan fingerprint density at radius 1 is 0.939 bits per heavy atom. The molecule has 0 unspecified atom stereocenters. The minimum Gasteiger partial charge on any atom is -0.508 e. The number of pyridine rings is 1. The largest absolute Gasteiger partial charge is 0.508 e. The van der Waals surface area contributed by atoms with Gasteiger partial charge in [-0.1, -0.05) is 29.8 Å². The van der Waals surface area contributed by atoms with Crippen molar-refractivity contribution in [2.75, 3.05) is 26.3 Å². The SMILES string of the molecule is O=c1c2cc(F)cnc2n(-c2cccc(-c3ccc(O)cc3CN3CCOCC3)c2)c(=O)n1[C@H]1CC[C@@H](NCc2cc(Cl)ccc2O)CC1. The summed E-state index contributed by atoms with van der Waals surface area (Å²) in [4.78, 5) is 34.7. The lowest BCUT2D eigenvalue weighted by Crippen LogP contribution is -2.44. The van der Waals surface area contributed by atoms with Crippen LogP contribution < -0.4 is 16.6 Å². The van der Waals surface area contributed by atoms with Crippen molar-refractivity contribution in [3.8, 4) is 28.3 Å². The van der Waals surface area contributed by atoms with Gasteiger partial charge in [-0.3, -0.25) is 14.3 Å². The molecule has 254 valence electrons. The minimum atomic E-state index is -0.663. The van der Waals surface area contributed by atoms with Crippen LogP contribution in [0.25, 0.3) is 27.8 Å². The summed E-state index contributed by atoms with van der Waals surface area (Å²) in [5.41, 5.74) is 2.81. The highest BCUT2D eigenvalue weighted by Crippen LogP contribution is 2.31. The summed E-state index contributed by atoms with van der Waals surface area (Å²) in [5.74, 6) is -0.335. The molecule has 0 amide bonds. The average molecular weight is 686 g/mol. The van der Waals surface area contributed by atoms with Crippen molar-refractivity contribution in [3.05, 3.63) is 116 Å². The summed E-state index contributed by atoms with van der Waals surface area (Å²) in [5, 5.41) is 24.6. The van der Waals surface area contributed by atoms with Gasteiger partial charge in [0.25, 0.3) is 5.56 Å². The van der Waals surface area contributed by atoms with E-state index >= 15 is 0 Å². The van der Waals surface area contributed by atoms with Crippen molar-refractivity contribution in [2.45, 2.75) is 50.9 Å². The number of hydrogen-bond donors (Lipinski definition) is 3. The van der Waals surface area contributed by atoms with E-state index in [2.05, 4.69) is 15.2 Å². The molecular weight excluding hydrogens is 649 g/mol. The second-order valence-corrected chi connectivity index (χ2v) is 13.2. The van der Waals surface area contributed by atoms with Gasteiger partial charge in [0.05, 0.1) is 30.5 Å². The van der Waals surface area contributed by atoms with Gasteiger partial charge in [-0.25, -0.2) is 18.7 Å². The van der Waals surface area contributed by atoms with Crippen LogP contribution in [-0.2, 0) is 17.8 Å². The molecule has 3 N–H and O–H groups in total. The first-order valence-electron chi connectivity index (χ1n) is 16.5. The zero-order chi connectivity index (χ0) is 34.1. The summed E-state index contributed by atoms with van der Waals surface area (Å²) in [6, 6.07) is 18.5. The Hall–Kier alpha value is -4.55. The molecule has 1 aliphatic carbocycles. The maximum atomic E-state index is 14.5. The van der Waals surface area contributed by atoms with Crippen LogP contribution in [0.1, 0.15) is 42.9 Å². The van der Waals surface area contributed by atoms with E-state index in [9.17, 15) is 24.2 Å². The van der Waals surface area contributed by atoms with Crippen LogP contribution in [0.15, 0.2) is 82.5 Å². The Bertz CT molecular complexity index is 2120. The van der Waals surface area contributed by atoms with Gasteiger partial charge in [0.2, 0.25) is 0 Å². The molecule has 0 atom stereocenters. The van der Waals surface area contributed by atoms with Crippen molar-refractivity contribution in [3.63, 3.8) is 0 Å². The van der Waals surface area contributed by atoms with E-state index in [1.54, 1.807) is 36.4 Å². The van der Waals surface area contributed by atoms with Crippen LogP contribution in [0.2, 0.25) is 5.02 Å². The number of ether oxygens (including phenoxy) is 1. The molecule has 3 aromatic carbocycles. The number of nitrogens with one attached hydrogen (secondary N) is 1. The molecule has 5 aromatic rings. The van der Waals surface area contributed by atoms with Crippen LogP contribution in [0.3, 0.4) is 0 Å². The monoisotopic (exact) mass is 685 g/mol. The molecule has 49 heavy (non-hydrogen) atoms. The molecule has 2 aromatic heterocycles. The Morgan fingerprint density at radius 3 is 2.53 bits per heavy atom. The summed E-state index contributed by atoms with van der Waals surface area (Å²) in [6.45, 7) is 3.90. The van der Waals surface area contributed by atoms with Crippen LogP contribution in [0.5, 0.6) is 11.5 Å². The number of morpholine rings is 1. The normalized spacial score (nSPS) is 18.6. The van der Waals surface area contributed by atoms with Gasteiger partial charge in [0.15, 0.2) is 5.65 Å². The molecule has 1 aliphatic heterocycles. The Kier molecular flexibility index (Phi) is 9.50. The molecule has 0 bridgehead atoms. The number of phenols is 2. The van der Waals surface area contributed by atoms with Crippen molar-refractivity contribution in [2.24, 2.45) is 0 Å². The predicted molar refractivity (Wildman–Crippen MR) is 186 cm³/mol. The quantitative estimate of drug-likeness (QED) is 0.195. The van der Waals surface area contributed by atoms with E-state index in [0.29, 0.717) is 68.3 Å². The fraction of sp³-hybridized carbons (Fsp3) is 0.324. The fourth-order valence-corrected chi connectivity index (χ4v) is 7.23. The van der Waals surface area contributed by atoms with E-state index in [4.69, 9.17) is 16.3 Å². The maximum absolute atomic E-state index is 14.5. The average Bonchev–Trinajstić information content (AvgIpc) is 3.10. The molecule has 0 radical (unpaired) electrons. The number of aromatic hydroxyl groups is 2. The molecule has 2 fully saturated rings. The van der Waals surface area contributed by atoms with Gasteiger partial charge >= 0.3 is 5.69 Å². The highest BCUT2D eigenvalue weighted by atomic mass is 35.5. The molecule has 1 saturated carbocycles. The van der Waals surface area contributed by atoms with Gasteiger partial charge in [-0.05, 0) is 90.9 Å². The lowest BCUT2D eigenvalue weighted by molar-refractivity contribution is 0.0342. The number of phenolic OH excluding ortho intramolecular Hbond substituents is 2. The highest BCUT2D eigenvalue weighted by molar-refractivity contribution is 6.30. The molecule has 1 saturated heterocycles. The second-order valence-electron chi connectivity index (χ2n) is 12.8. The third kappa shape index (κ3) is 6.98. The number of rotatable bonds is 8. The predicted octanol–water partition coefficient (Wildman–Crippen LogP) is 5.52. The van der Waals surface area contributed by atoms with E-state index in [1.165, 1.54) is 9.13 Å². The third-order valence-corrected chi connectivity index (χ3v) is 9.81. The van der Waals surface area contributed by atoms with Crippen molar-refractivity contribution in [1.29, 1.82) is 0 Å². The van der Waals surface area contributed by atoms with Crippen LogP contribution in [0, 0.1) is 5.82 Å². The third-order valence-electron chi connectivity index (χ3n) is 9.58. The zero-order valence-electron chi connectivity index (χ0n) is 26.8. The molecule has 7 rings (SSSR count). The smallest absolute Gasteiger partial charge is 0.337 e. The number of fused-ring (bicyclic) bond motifs is 1. The lowest BCUT2D eigenvalue weighted by Gasteiger charge is -2.30. The van der Waals surface area contributed by atoms with Crippen LogP contribution in [0.4, 0.5) is 4.39 Å². The van der Waals surface area contributed by atoms with Crippen LogP contribution >= 0.6 is 11.6 Å². The lowest BCUT2D eigenvalue weighted by atomic mass is 9.90. The number of halogens is 2. The van der Waals surface area contributed by atoms with Crippen molar-refractivity contribution in [1.82, 2.24) is 24.3 Å². The molecule has 10 nitrogen and oxygen atoms in total. The zero-order valence-corrected chi connectivity index (χ0v) is 27.6. The number of nitrogens with zero attached hydrogens (tertiary/aromatic N) is 4. The van der Waals surface area contributed by atoms with Gasteiger partial charge < -0.3 is 20.3 Å².